The van der Waals surface area contributed by atoms with Crippen LogP contribution in [0, 0.1) is 0 Å². The van der Waals surface area contributed by atoms with Gasteiger partial charge in [-0.05, 0) is 25.1 Å². The minimum absolute atomic E-state index is 0.0343. The van der Waals surface area contributed by atoms with Gasteiger partial charge in [0.25, 0.3) is 5.91 Å². The first-order valence-electron chi connectivity index (χ1n) is 7.55. The second-order valence-electron chi connectivity index (χ2n) is 5.46. The van der Waals surface area contributed by atoms with E-state index >= 15 is 0 Å². The normalized spacial score (nSPS) is 10.7. The van der Waals surface area contributed by atoms with Crippen LogP contribution in [0.5, 0.6) is 0 Å². The number of aromatic nitrogens is 2. The average molecular weight is 325 g/mol. The van der Waals surface area contributed by atoms with Crippen LogP contribution in [0.25, 0.3) is 21.8 Å². The van der Waals surface area contributed by atoms with Crippen molar-refractivity contribution in [3.63, 3.8) is 0 Å². The maximum absolute atomic E-state index is 12.1. The van der Waals surface area contributed by atoms with Crippen molar-refractivity contribution in [2.75, 3.05) is 14.1 Å². The van der Waals surface area contributed by atoms with Gasteiger partial charge in [0.05, 0.1) is 21.1 Å². The maximum Gasteiger partial charge on any atom is 0.263 e. The summed E-state index contributed by atoms with van der Waals surface area (Å²) in [5.74, 6) is 0.0343. The first-order valence-corrected chi connectivity index (χ1v) is 8.37. The minimum atomic E-state index is 0.0343. The van der Waals surface area contributed by atoms with Crippen molar-refractivity contribution in [2.45, 2.75) is 13.5 Å². The van der Waals surface area contributed by atoms with Crippen molar-refractivity contribution in [1.82, 2.24) is 14.7 Å². The van der Waals surface area contributed by atoms with E-state index in [-0.39, 0.29) is 5.91 Å². The topological polar surface area (TPSA) is 38.1 Å². The smallest absolute Gasteiger partial charge is 0.263 e. The summed E-state index contributed by atoms with van der Waals surface area (Å²) in [7, 11) is 3.54. The molecule has 4 nitrogen and oxygen atoms in total. The van der Waals surface area contributed by atoms with Crippen LogP contribution in [-0.4, -0.2) is 34.7 Å². The first kappa shape index (κ1) is 15.5. The number of carbonyl (C=O) groups is 1. The fourth-order valence-electron chi connectivity index (χ4n) is 2.42. The number of amides is 1. The van der Waals surface area contributed by atoms with Crippen LogP contribution in [0.4, 0.5) is 0 Å². The van der Waals surface area contributed by atoms with Crippen molar-refractivity contribution in [1.29, 1.82) is 0 Å². The van der Waals surface area contributed by atoms with Gasteiger partial charge >= 0.3 is 0 Å². The highest BCUT2D eigenvalue weighted by Crippen LogP contribution is 2.31. The second-order valence-corrected chi connectivity index (χ2v) is 6.54. The van der Waals surface area contributed by atoms with E-state index in [2.05, 4.69) is 25.1 Å². The molecule has 3 aromatic rings. The van der Waals surface area contributed by atoms with Crippen LogP contribution >= 0.6 is 11.3 Å². The molecule has 23 heavy (non-hydrogen) atoms. The highest BCUT2D eigenvalue weighted by molar-refractivity contribution is 7.17. The predicted octanol–water partition coefficient (Wildman–Crippen LogP) is 4.00. The summed E-state index contributed by atoms with van der Waals surface area (Å²) in [5, 5.41) is 4.69. The van der Waals surface area contributed by atoms with Gasteiger partial charge in [0.2, 0.25) is 0 Å². The Balaban J connectivity index is 2.00. The Morgan fingerprint density at radius 1 is 1.17 bits per heavy atom. The molecule has 0 saturated carbocycles. The highest BCUT2D eigenvalue weighted by atomic mass is 32.1. The monoisotopic (exact) mass is 325 g/mol. The maximum atomic E-state index is 12.1. The Kier molecular flexibility index (Phi) is 4.30. The lowest BCUT2D eigenvalue weighted by Gasteiger charge is -2.07. The van der Waals surface area contributed by atoms with E-state index < -0.39 is 0 Å². The summed E-state index contributed by atoms with van der Waals surface area (Å²) < 4.78 is 1.98. The molecule has 2 heterocycles. The zero-order chi connectivity index (χ0) is 16.4. The first-order chi connectivity index (χ1) is 11.1. The van der Waals surface area contributed by atoms with Crippen LogP contribution in [0.1, 0.15) is 16.6 Å². The number of hydrogen-bond donors (Lipinski definition) is 0. The number of benzene rings is 1. The number of aryl methyl sites for hydroxylation is 1. The summed E-state index contributed by atoms with van der Waals surface area (Å²) in [6.45, 7) is 2.86. The van der Waals surface area contributed by atoms with Gasteiger partial charge in [0.1, 0.15) is 0 Å². The summed E-state index contributed by atoms with van der Waals surface area (Å²) in [5.41, 5.74) is 3.10. The van der Waals surface area contributed by atoms with E-state index in [1.807, 2.05) is 35.0 Å². The lowest BCUT2D eigenvalue weighted by molar-refractivity contribution is 0.0832. The zero-order valence-electron chi connectivity index (χ0n) is 13.5. The van der Waals surface area contributed by atoms with Crippen LogP contribution in [-0.2, 0) is 6.54 Å². The van der Waals surface area contributed by atoms with Gasteiger partial charge in [-0.25, -0.2) is 0 Å². The van der Waals surface area contributed by atoms with E-state index in [1.54, 1.807) is 19.0 Å². The molecule has 0 spiro atoms. The number of carbonyl (C=O) groups excluding carboxylic acids is 1. The second kappa shape index (κ2) is 6.38. The molecule has 0 atom stereocenters. The van der Waals surface area contributed by atoms with Crippen LogP contribution < -0.4 is 0 Å². The Labute approximate surface area is 140 Å². The minimum Gasteiger partial charge on any atom is -0.344 e. The summed E-state index contributed by atoms with van der Waals surface area (Å²) in [6.07, 6.45) is 0. The van der Waals surface area contributed by atoms with Crippen LogP contribution in [0.2, 0.25) is 0 Å². The third-order valence-corrected chi connectivity index (χ3v) is 4.72. The van der Waals surface area contributed by atoms with Crippen molar-refractivity contribution in [3.05, 3.63) is 53.4 Å². The third kappa shape index (κ3) is 3.05. The van der Waals surface area contributed by atoms with E-state index in [4.69, 9.17) is 5.10 Å². The van der Waals surface area contributed by atoms with E-state index in [0.717, 1.165) is 33.3 Å². The molecule has 2 aromatic heterocycles. The fourth-order valence-corrected chi connectivity index (χ4v) is 3.46. The van der Waals surface area contributed by atoms with Gasteiger partial charge in [-0.1, -0.05) is 30.3 Å². The van der Waals surface area contributed by atoms with E-state index in [9.17, 15) is 4.79 Å². The molecule has 0 bridgehead atoms. The Morgan fingerprint density at radius 3 is 2.57 bits per heavy atom. The lowest BCUT2D eigenvalue weighted by atomic mass is 10.1. The van der Waals surface area contributed by atoms with Crippen molar-refractivity contribution < 1.29 is 4.79 Å². The fraction of sp³-hybridized carbons (Fsp3) is 0.222. The Hall–Kier alpha value is -2.40. The highest BCUT2D eigenvalue weighted by Gasteiger charge is 2.16. The van der Waals surface area contributed by atoms with E-state index in [1.165, 1.54) is 11.3 Å². The number of nitrogens with zero attached hydrogens (tertiary/aromatic N) is 3. The van der Waals surface area contributed by atoms with Gasteiger partial charge in [0.15, 0.2) is 0 Å². The Morgan fingerprint density at radius 2 is 1.91 bits per heavy atom. The number of rotatable bonds is 4. The average Bonchev–Trinajstić information content (AvgIpc) is 3.21. The van der Waals surface area contributed by atoms with Gasteiger partial charge in [0, 0.05) is 26.2 Å². The number of thiophene rings is 1. The predicted molar refractivity (Wildman–Crippen MR) is 94.7 cm³/mol. The van der Waals surface area contributed by atoms with Gasteiger partial charge in [-0.15, -0.1) is 11.3 Å². The molecule has 1 aromatic carbocycles. The van der Waals surface area contributed by atoms with Crippen LogP contribution in [0.15, 0.2) is 48.5 Å². The molecule has 5 heteroatoms. The summed E-state index contributed by atoms with van der Waals surface area (Å²) in [4.78, 5) is 15.5. The molecule has 0 fully saturated rings. The quantitative estimate of drug-likeness (QED) is 0.727. The molecule has 118 valence electrons. The molecule has 0 aliphatic carbocycles. The molecule has 0 N–H and O–H groups in total. The molecular formula is C18H19N3OS. The molecular weight excluding hydrogens is 306 g/mol. The summed E-state index contributed by atoms with van der Waals surface area (Å²) in [6, 6.07) is 16.1. The molecule has 0 saturated heterocycles. The van der Waals surface area contributed by atoms with Crippen molar-refractivity contribution in [2.24, 2.45) is 0 Å². The molecule has 0 unspecified atom stereocenters. The SMILES string of the molecule is CCn1nc(-c2ccccc2)cc1-c1ccc(C(=O)N(C)C)s1. The molecule has 0 aliphatic heterocycles. The van der Waals surface area contributed by atoms with Crippen molar-refractivity contribution >= 4 is 17.2 Å². The molecule has 0 aliphatic rings. The van der Waals surface area contributed by atoms with Gasteiger partial charge < -0.3 is 4.90 Å². The number of hydrogen-bond acceptors (Lipinski definition) is 3. The molecule has 0 radical (unpaired) electrons. The lowest BCUT2D eigenvalue weighted by Crippen LogP contribution is -2.20. The standard InChI is InChI=1S/C18H19N3OS/c1-4-21-15(12-14(19-21)13-8-6-5-7-9-13)16-10-11-17(23-16)18(22)20(2)3/h5-12H,4H2,1-3H3. The van der Waals surface area contributed by atoms with Crippen LogP contribution in [0.3, 0.4) is 0 Å². The van der Waals surface area contributed by atoms with Gasteiger partial charge in [-0.2, -0.15) is 5.10 Å². The Bertz CT molecular complexity index is 818. The zero-order valence-corrected chi connectivity index (χ0v) is 14.3. The summed E-state index contributed by atoms with van der Waals surface area (Å²) >= 11 is 1.51. The van der Waals surface area contributed by atoms with E-state index in [0.29, 0.717) is 0 Å². The van der Waals surface area contributed by atoms with Gasteiger partial charge in [-0.3, -0.25) is 9.48 Å². The third-order valence-electron chi connectivity index (χ3n) is 3.62. The largest absolute Gasteiger partial charge is 0.344 e. The van der Waals surface area contributed by atoms with Crippen molar-refractivity contribution in [3.8, 4) is 21.8 Å². The molecule has 1 amide bonds. The molecule has 3 rings (SSSR count).